The number of hydrogen-bond donors (Lipinski definition) is 0. The Kier molecular flexibility index (Phi) is 2.00. The minimum absolute atomic E-state index is 0.0104. The van der Waals surface area contributed by atoms with Gasteiger partial charge in [-0.2, -0.15) is 0 Å². The predicted molar refractivity (Wildman–Crippen MR) is 59.1 cm³/mol. The van der Waals surface area contributed by atoms with Gasteiger partial charge in [-0.1, -0.05) is 44.2 Å². The van der Waals surface area contributed by atoms with Gasteiger partial charge in [0.15, 0.2) is 5.58 Å². The lowest BCUT2D eigenvalue weighted by molar-refractivity contribution is 0.545. The average Bonchev–Trinajstić information content (AvgIpc) is 2.41. The highest BCUT2D eigenvalue weighted by atomic mass is 32.1. The van der Waals surface area contributed by atoms with Crippen LogP contribution in [-0.2, 0) is 5.41 Å². The van der Waals surface area contributed by atoms with Gasteiger partial charge in [-0.05, 0) is 11.5 Å². The van der Waals surface area contributed by atoms with Gasteiger partial charge in [0.25, 0.3) is 0 Å². The van der Waals surface area contributed by atoms with Gasteiger partial charge >= 0.3 is 4.94 Å². The van der Waals surface area contributed by atoms with Gasteiger partial charge in [-0.25, -0.2) is 4.79 Å². The molecule has 2 aromatic rings. The van der Waals surface area contributed by atoms with E-state index in [1.54, 1.807) is 0 Å². The molecule has 0 bridgehead atoms. The molecular weight excluding hydrogens is 196 g/mol. The molecule has 14 heavy (non-hydrogen) atoms. The third-order valence-electron chi connectivity index (χ3n) is 2.17. The van der Waals surface area contributed by atoms with Gasteiger partial charge in [0.05, 0.1) is 4.70 Å². The van der Waals surface area contributed by atoms with E-state index in [1.165, 1.54) is 0 Å². The van der Waals surface area contributed by atoms with Crippen molar-refractivity contribution in [1.29, 1.82) is 0 Å². The fraction of sp³-hybridized carbons (Fsp3) is 0.364. The lowest BCUT2D eigenvalue weighted by atomic mass is 9.87. The molecule has 0 fully saturated rings. The van der Waals surface area contributed by atoms with Gasteiger partial charge < -0.3 is 4.42 Å². The highest BCUT2D eigenvalue weighted by Crippen LogP contribution is 2.30. The van der Waals surface area contributed by atoms with Crippen molar-refractivity contribution in [1.82, 2.24) is 0 Å². The first-order chi connectivity index (χ1) is 6.48. The normalized spacial score (nSPS) is 12.2. The van der Waals surface area contributed by atoms with Crippen LogP contribution in [0.15, 0.2) is 27.4 Å². The van der Waals surface area contributed by atoms with Crippen molar-refractivity contribution >= 4 is 21.6 Å². The Morgan fingerprint density at radius 2 is 2.00 bits per heavy atom. The second-order valence-corrected chi connectivity index (χ2v) is 5.31. The summed E-state index contributed by atoms with van der Waals surface area (Å²) < 4.78 is 6.12. The lowest BCUT2D eigenvalue weighted by Gasteiger charge is -2.18. The van der Waals surface area contributed by atoms with Crippen molar-refractivity contribution in [2.75, 3.05) is 0 Å². The van der Waals surface area contributed by atoms with Crippen LogP contribution in [0.3, 0.4) is 0 Å². The topological polar surface area (TPSA) is 30.2 Å². The van der Waals surface area contributed by atoms with Gasteiger partial charge in [-0.15, -0.1) is 0 Å². The largest absolute Gasteiger partial charge is 0.414 e. The maximum absolute atomic E-state index is 11.1. The summed E-state index contributed by atoms with van der Waals surface area (Å²) >= 11 is 1.16. The Bertz CT molecular complexity index is 514. The van der Waals surface area contributed by atoms with Crippen LogP contribution in [0, 0.1) is 0 Å². The van der Waals surface area contributed by atoms with E-state index in [0.29, 0.717) is 0 Å². The van der Waals surface area contributed by atoms with Crippen molar-refractivity contribution in [3.05, 3.63) is 33.5 Å². The molecule has 0 aliphatic carbocycles. The van der Waals surface area contributed by atoms with Crippen LogP contribution in [0.4, 0.5) is 0 Å². The summed E-state index contributed by atoms with van der Waals surface area (Å²) in [4.78, 5) is 10.9. The van der Waals surface area contributed by atoms with Crippen LogP contribution in [0.25, 0.3) is 10.3 Å². The molecule has 0 aliphatic heterocycles. The summed E-state index contributed by atoms with van der Waals surface area (Å²) in [6.07, 6.45) is 0. The Balaban J connectivity index is 2.83. The molecule has 0 aliphatic rings. The van der Waals surface area contributed by atoms with Crippen LogP contribution in [-0.4, -0.2) is 0 Å². The van der Waals surface area contributed by atoms with Gasteiger partial charge in [0.1, 0.15) is 0 Å². The third-order valence-corrected chi connectivity index (χ3v) is 2.96. The summed E-state index contributed by atoms with van der Waals surface area (Å²) in [5, 5.41) is 0. The molecule has 1 aromatic heterocycles. The Labute approximate surface area is 86.2 Å². The van der Waals surface area contributed by atoms with E-state index in [-0.39, 0.29) is 10.4 Å². The Morgan fingerprint density at radius 3 is 2.64 bits per heavy atom. The first-order valence-electron chi connectivity index (χ1n) is 4.51. The zero-order valence-corrected chi connectivity index (χ0v) is 9.27. The van der Waals surface area contributed by atoms with E-state index in [1.807, 2.05) is 18.2 Å². The fourth-order valence-corrected chi connectivity index (χ4v) is 2.18. The number of para-hydroxylation sites is 1. The van der Waals surface area contributed by atoms with Crippen LogP contribution in [0.2, 0.25) is 0 Å². The van der Waals surface area contributed by atoms with Gasteiger partial charge in [-0.3, -0.25) is 0 Å². The molecule has 0 atom stereocenters. The highest BCUT2D eigenvalue weighted by molar-refractivity contribution is 7.16. The van der Waals surface area contributed by atoms with E-state index in [4.69, 9.17) is 4.42 Å². The SMILES string of the molecule is CC(C)(C)c1cccc2sc(=O)oc12. The number of rotatable bonds is 0. The first kappa shape index (κ1) is 9.46. The second-order valence-electron chi connectivity index (χ2n) is 4.34. The van der Waals surface area contributed by atoms with Gasteiger partial charge in [0.2, 0.25) is 0 Å². The molecule has 0 radical (unpaired) electrons. The summed E-state index contributed by atoms with van der Waals surface area (Å²) in [6.45, 7) is 6.33. The van der Waals surface area contributed by atoms with Crippen molar-refractivity contribution in [2.24, 2.45) is 0 Å². The summed E-state index contributed by atoms with van der Waals surface area (Å²) in [5.41, 5.74) is 1.85. The molecule has 74 valence electrons. The molecule has 0 saturated carbocycles. The first-order valence-corrected chi connectivity index (χ1v) is 5.33. The molecule has 1 heterocycles. The van der Waals surface area contributed by atoms with Crippen molar-refractivity contribution < 1.29 is 4.42 Å². The zero-order chi connectivity index (χ0) is 10.3. The van der Waals surface area contributed by atoms with Crippen LogP contribution in [0.5, 0.6) is 0 Å². The van der Waals surface area contributed by atoms with Crippen molar-refractivity contribution in [3.63, 3.8) is 0 Å². The number of benzene rings is 1. The van der Waals surface area contributed by atoms with Crippen LogP contribution >= 0.6 is 11.3 Å². The maximum Gasteiger partial charge on any atom is 0.396 e. The molecule has 0 amide bonds. The van der Waals surface area contributed by atoms with Crippen molar-refractivity contribution in [3.8, 4) is 0 Å². The lowest BCUT2D eigenvalue weighted by Crippen LogP contribution is -2.11. The highest BCUT2D eigenvalue weighted by Gasteiger charge is 2.19. The second kappa shape index (κ2) is 2.95. The summed E-state index contributed by atoms with van der Waals surface area (Å²) in [7, 11) is 0. The van der Waals surface area contributed by atoms with E-state index in [2.05, 4.69) is 20.8 Å². The number of hydrogen-bond acceptors (Lipinski definition) is 3. The molecule has 0 unspecified atom stereocenters. The van der Waals surface area contributed by atoms with E-state index in [0.717, 1.165) is 27.2 Å². The minimum atomic E-state index is -0.225. The van der Waals surface area contributed by atoms with Gasteiger partial charge in [0, 0.05) is 5.56 Å². The quantitative estimate of drug-likeness (QED) is 0.665. The molecule has 0 spiro atoms. The third kappa shape index (κ3) is 1.48. The molecule has 2 rings (SSSR count). The smallest absolute Gasteiger partial charge is 0.396 e. The van der Waals surface area contributed by atoms with E-state index >= 15 is 0 Å². The number of fused-ring (bicyclic) bond motifs is 1. The Morgan fingerprint density at radius 1 is 1.29 bits per heavy atom. The summed E-state index contributed by atoms with van der Waals surface area (Å²) in [6, 6.07) is 5.90. The van der Waals surface area contributed by atoms with E-state index < -0.39 is 0 Å². The maximum atomic E-state index is 11.1. The molecular formula is C11H12O2S. The fourth-order valence-electron chi connectivity index (χ4n) is 1.49. The summed E-state index contributed by atoms with van der Waals surface area (Å²) in [5.74, 6) is 0. The van der Waals surface area contributed by atoms with E-state index in [9.17, 15) is 4.79 Å². The van der Waals surface area contributed by atoms with Crippen molar-refractivity contribution in [2.45, 2.75) is 26.2 Å². The molecule has 1 aromatic carbocycles. The monoisotopic (exact) mass is 208 g/mol. The standard InChI is InChI=1S/C11H12O2S/c1-11(2,3)7-5-4-6-8-9(7)13-10(12)14-8/h4-6H,1-3H3. The Hall–Kier alpha value is -1.09. The average molecular weight is 208 g/mol. The predicted octanol–water partition coefficient (Wildman–Crippen LogP) is 3.15. The zero-order valence-electron chi connectivity index (χ0n) is 8.46. The molecule has 0 N–H and O–H groups in total. The minimum Gasteiger partial charge on any atom is -0.414 e. The van der Waals surface area contributed by atoms with Crippen LogP contribution in [0.1, 0.15) is 26.3 Å². The molecule has 2 nitrogen and oxygen atoms in total. The molecule has 3 heteroatoms. The van der Waals surface area contributed by atoms with Crippen LogP contribution < -0.4 is 4.94 Å². The molecule has 0 saturated heterocycles.